The molecule has 1 aromatic heterocycles. The number of para-hydroxylation sites is 1. The largest absolute Gasteiger partial charge is 0.450 e. The number of carbonyl (C=O) groups is 2. The van der Waals surface area contributed by atoms with E-state index in [1.165, 1.54) is 0 Å². The molecule has 1 unspecified atom stereocenters. The van der Waals surface area contributed by atoms with Crippen molar-refractivity contribution in [1.82, 2.24) is 10.3 Å². The molecule has 1 atom stereocenters. The van der Waals surface area contributed by atoms with Crippen LogP contribution >= 0.6 is 0 Å². The van der Waals surface area contributed by atoms with Gasteiger partial charge in [-0.05, 0) is 24.6 Å². The van der Waals surface area contributed by atoms with Gasteiger partial charge >= 0.3 is 6.09 Å². The standard InChI is InChI=1S/C19H20N4O3/c1-2-3-12-26-19(25)23-17-18(24)21-14-9-5-4-8-13(14)16(22-17)15-10-6-7-11-20-15/h4-11,17H,2-3,12H2,1H3,(H,21,24)(H,23,25). The Balaban J connectivity index is 1.92. The number of amides is 2. The number of aromatic nitrogens is 1. The lowest BCUT2D eigenvalue weighted by Crippen LogP contribution is -2.42. The Bertz CT molecular complexity index is 821. The van der Waals surface area contributed by atoms with Crippen molar-refractivity contribution in [2.45, 2.75) is 25.9 Å². The van der Waals surface area contributed by atoms with E-state index in [1.54, 1.807) is 18.3 Å². The first-order valence-corrected chi connectivity index (χ1v) is 8.52. The molecule has 0 fully saturated rings. The van der Waals surface area contributed by atoms with Gasteiger partial charge in [0.1, 0.15) is 0 Å². The van der Waals surface area contributed by atoms with Crippen LogP contribution in [0.15, 0.2) is 53.7 Å². The average Bonchev–Trinajstić information content (AvgIpc) is 2.79. The summed E-state index contributed by atoms with van der Waals surface area (Å²) in [5.41, 5.74) is 2.50. The Hall–Kier alpha value is -3.22. The number of anilines is 1. The molecule has 2 aromatic rings. The number of nitrogens with one attached hydrogen (secondary N) is 2. The zero-order valence-corrected chi connectivity index (χ0v) is 14.4. The first-order chi connectivity index (χ1) is 12.7. The highest BCUT2D eigenvalue weighted by Gasteiger charge is 2.27. The molecule has 1 aliphatic rings. The average molecular weight is 352 g/mol. The van der Waals surface area contributed by atoms with Crippen LogP contribution in [0.25, 0.3) is 0 Å². The van der Waals surface area contributed by atoms with Gasteiger partial charge in [-0.25, -0.2) is 9.79 Å². The summed E-state index contributed by atoms with van der Waals surface area (Å²) in [5.74, 6) is -0.434. The lowest BCUT2D eigenvalue weighted by Gasteiger charge is -2.13. The number of pyridine rings is 1. The number of fused-ring (bicyclic) bond motifs is 1. The third-order valence-corrected chi connectivity index (χ3v) is 3.84. The fourth-order valence-electron chi connectivity index (χ4n) is 2.52. The number of hydrogen-bond donors (Lipinski definition) is 2. The Kier molecular flexibility index (Phi) is 5.58. The number of carbonyl (C=O) groups excluding carboxylic acids is 2. The number of rotatable bonds is 5. The SMILES string of the molecule is CCCCOC(=O)NC1N=C(c2ccccn2)c2ccccc2NC1=O. The number of benzodiazepines with no additional fused rings is 1. The van der Waals surface area contributed by atoms with E-state index >= 15 is 0 Å². The van der Waals surface area contributed by atoms with Gasteiger partial charge in [0.15, 0.2) is 0 Å². The number of ether oxygens (including phenoxy) is 1. The molecule has 26 heavy (non-hydrogen) atoms. The molecule has 0 aliphatic carbocycles. The highest BCUT2D eigenvalue weighted by molar-refractivity contribution is 6.18. The molecule has 2 amide bonds. The van der Waals surface area contributed by atoms with Crippen LogP contribution in [0, 0.1) is 0 Å². The zero-order chi connectivity index (χ0) is 18.4. The van der Waals surface area contributed by atoms with Gasteiger partial charge in [0, 0.05) is 11.8 Å². The minimum absolute atomic E-state index is 0.299. The molecule has 3 rings (SSSR count). The predicted octanol–water partition coefficient (Wildman–Crippen LogP) is 2.72. The Morgan fingerprint density at radius 1 is 1.23 bits per heavy atom. The number of hydrogen-bond acceptors (Lipinski definition) is 5. The van der Waals surface area contributed by atoms with E-state index < -0.39 is 18.2 Å². The molecule has 0 saturated carbocycles. The lowest BCUT2D eigenvalue weighted by molar-refractivity contribution is -0.117. The number of nitrogens with zero attached hydrogens (tertiary/aromatic N) is 2. The van der Waals surface area contributed by atoms with Crippen LogP contribution in [-0.2, 0) is 9.53 Å². The Labute approximate surface area is 151 Å². The molecular formula is C19H20N4O3. The second kappa shape index (κ2) is 8.24. The minimum Gasteiger partial charge on any atom is -0.450 e. The summed E-state index contributed by atoms with van der Waals surface area (Å²) in [5, 5.41) is 5.31. The second-order valence-corrected chi connectivity index (χ2v) is 5.76. The summed E-state index contributed by atoms with van der Waals surface area (Å²) in [6.45, 7) is 2.30. The summed E-state index contributed by atoms with van der Waals surface area (Å²) in [7, 11) is 0. The van der Waals surface area contributed by atoms with E-state index in [4.69, 9.17) is 4.74 Å². The zero-order valence-electron chi connectivity index (χ0n) is 14.4. The van der Waals surface area contributed by atoms with E-state index in [2.05, 4.69) is 20.6 Å². The van der Waals surface area contributed by atoms with Gasteiger partial charge < -0.3 is 10.1 Å². The van der Waals surface area contributed by atoms with E-state index in [1.807, 2.05) is 37.3 Å². The van der Waals surface area contributed by atoms with Crippen molar-refractivity contribution >= 4 is 23.4 Å². The molecule has 0 bridgehead atoms. The quantitative estimate of drug-likeness (QED) is 0.809. The van der Waals surface area contributed by atoms with Gasteiger partial charge in [-0.2, -0.15) is 0 Å². The van der Waals surface area contributed by atoms with Crippen molar-refractivity contribution in [3.05, 3.63) is 59.9 Å². The van der Waals surface area contributed by atoms with Crippen LogP contribution in [0.1, 0.15) is 31.0 Å². The van der Waals surface area contributed by atoms with E-state index in [9.17, 15) is 9.59 Å². The Morgan fingerprint density at radius 2 is 2.04 bits per heavy atom. The highest BCUT2D eigenvalue weighted by atomic mass is 16.5. The maximum Gasteiger partial charge on any atom is 0.409 e. The lowest BCUT2D eigenvalue weighted by atomic mass is 10.0. The van der Waals surface area contributed by atoms with Crippen molar-refractivity contribution in [1.29, 1.82) is 0 Å². The fraction of sp³-hybridized carbons (Fsp3) is 0.263. The van der Waals surface area contributed by atoms with Crippen molar-refractivity contribution in [3.8, 4) is 0 Å². The first-order valence-electron chi connectivity index (χ1n) is 8.52. The fourth-order valence-corrected chi connectivity index (χ4v) is 2.52. The minimum atomic E-state index is -1.10. The summed E-state index contributed by atoms with van der Waals surface area (Å²) in [6, 6.07) is 12.8. The molecule has 7 nitrogen and oxygen atoms in total. The van der Waals surface area contributed by atoms with Crippen LogP contribution in [0.5, 0.6) is 0 Å². The van der Waals surface area contributed by atoms with Crippen molar-refractivity contribution in [2.24, 2.45) is 4.99 Å². The number of alkyl carbamates (subject to hydrolysis) is 1. The maximum atomic E-state index is 12.5. The number of benzene rings is 1. The Morgan fingerprint density at radius 3 is 2.81 bits per heavy atom. The predicted molar refractivity (Wildman–Crippen MR) is 98.1 cm³/mol. The van der Waals surface area contributed by atoms with Crippen molar-refractivity contribution < 1.29 is 14.3 Å². The third-order valence-electron chi connectivity index (χ3n) is 3.84. The van der Waals surface area contributed by atoms with Crippen LogP contribution in [0.2, 0.25) is 0 Å². The molecule has 2 heterocycles. The second-order valence-electron chi connectivity index (χ2n) is 5.76. The molecule has 0 spiro atoms. The summed E-state index contributed by atoms with van der Waals surface area (Å²) in [6.07, 6.45) is 1.55. The van der Waals surface area contributed by atoms with Gasteiger partial charge in [0.2, 0.25) is 6.17 Å². The molecule has 2 N–H and O–H groups in total. The number of aliphatic imine (C=N–C) groups is 1. The normalized spacial score (nSPS) is 16.0. The summed E-state index contributed by atoms with van der Waals surface area (Å²) in [4.78, 5) is 33.3. The summed E-state index contributed by atoms with van der Waals surface area (Å²) >= 11 is 0. The smallest absolute Gasteiger partial charge is 0.409 e. The highest BCUT2D eigenvalue weighted by Crippen LogP contribution is 2.22. The van der Waals surface area contributed by atoms with Gasteiger partial charge in [-0.3, -0.25) is 15.1 Å². The molecule has 7 heteroatoms. The van der Waals surface area contributed by atoms with E-state index in [-0.39, 0.29) is 0 Å². The molecule has 0 saturated heterocycles. The molecule has 1 aliphatic heterocycles. The van der Waals surface area contributed by atoms with Gasteiger partial charge in [0.25, 0.3) is 5.91 Å². The van der Waals surface area contributed by atoms with Crippen LogP contribution in [0.3, 0.4) is 0 Å². The van der Waals surface area contributed by atoms with Crippen molar-refractivity contribution in [3.63, 3.8) is 0 Å². The third kappa shape index (κ3) is 4.05. The maximum absolute atomic E-state index is 12.5. The molecule has 1 aromatic carbocycles. The monoisotopic (exact) mass is 352 g/mol. The van der Waals surface area contributed by atoms with E-state index in [0.717, 1.165) is 18.4 Å². The topological polar surface area (TPSA) is 92.7 Å². The molecule has 134 valence electrons. The number of unbranched alkanes of at least 4 members (excludes halogenated alkanes) is 1. The summed E-state index contributed by atoms with van der Waals surface area (Å²) < 4.78 is 5.08. The van der Waals surface area contributed by atoms with Crippen molar-refractivity contribution in [2.75, 3.05) is 11.9 Å². The van der Waals surface area contributed by atoms with Gasteiger partial charge in [-0.15, -0.1) is 0 Å². The van der Waals surface area contributed by atoms with Gasteiger partial charge in [-0.1, -0.05) is 37.6 Å². The van der Waals surface area contributed by atoms with Crippen LogP contribution < -0.4 is 10.6 Å². The van der Waals surface area contributed by atoms with Crippen LogP contribution in [0.4, 0.5) is 10.5 Å². The van der Waals surface area contributed by atoms with Gasteiger partial charge in [0.05, 0.1) is 23.7 Å². The molecular weight excluding hydrogens is 332 g/mol. The van der Waals surface area contributed by atoms with E-state index in [0.29, 0.717) is 23.7 Å². The first kappa shape index (κ1) is 17.6. The molecule has 0 radical (unpaired) electrons. The van der Waals surface area contributed by atoms with Crippen LogP contribution in [-0.4, -0.2) is 35.5 Å².